The first kappa shape index (κ1) is 22.9. The van der Waals surface area contributed by atoms with Gasteiger partial charge in [0.2, 0.25) is 5.91 Å². The minimum atomic E-state index is -0.465. The highest BCUT2D eigenvalue weighted by Gasteiger charge is 2.41. The van der Waals surface area contributed by atoms with Gasteiger partial charge >= 0.3 is 0 Å². The molecule has 2 aromatic heterocycles. The molecular weight excluding hydrogens is 441 g/mol. The summed E-state index contributed by atoms with van der Waals surface area (Å²) in [5, 5.41) is 6.58. The zero-order valence-corrected chi connectivity index (χ0v) is 19.1. The van der Waals surface area contributed by atoms with E-state index in [0.717, 1.165) is 11.4 Å². The quantitative estimate of drug-likeness (QED) is 0.468. The highest BCUT2D eigenvalue weighted by molar-refractivity contribution is 7.80. The second-order valence-corrected chi connectivity index (χ2v) is 8.10. The van der Waals surface area contributed by atoms with E-state index in [4.69, 9.17) is 17.0 Å². The van der Waals surface area contributed by atoms with Gasteiger partial charge in [-0.1, -0.05) is 18.2 Å². The van der Waals surface area contributed by atoms with Gasteiger partial charge in [0.25, 0.3) is 0 Å². The van der Waals surface area contributed by atoms with Crippen LogP contribution in [0.1, 0.15) is 29.9 Å². The minimum absolute atomic E-state index is 0.153. The van der Waals surface area contributed by atoms with Crippen LogP contribution in [-0.4, -0.2) is 45.7 Å². The highest BCUT2D eigenvalue weighted by atomic mass is 32.1. The van der Waals surface area contributed by atoms with Crippen LogP contribution in [0.4, 0.5) is 10.1 Å². The summed E-state index contributed by atoms with van der Waals surface area (Å²) in [5.74, 6) is -0.744. The fourth-order valence-electron chi connectivity index (χ4n) is 4.05. The van der Waals surface area contributed by atoms with Gasteiger partial charge in [0, 0.05) is 44.7 Å². The fourth-order valence-corrected chi connectivity index (χ4v) is 4.39. The SMILES string of the molecule is COCCn1cccc1[C@H]1[C@@H](c2ccccn2)NC(=S)N1CCC(=O)Nc1ccccc1F. The molecule has 1 saturated heterocycles. The number of pyridine rings is 1. The predicted octanol–water partition coefficient (Wildman–Crippen LogP) is 3.67. The number of nitrogens with zero attached hydrogens (tertiary/aromatic N) is 3. The van der Waals surface area contributed by atoms with Crippen LogP contribution in [0, 0.1) is 5.82 Å². The average Bonchev–Trinajstić information content (AvgIpc) is 3.42. The molecule has 3 heterocycles. The molecular formula is C24H26FN5O2S. The van der Waals surface area contributed by atoms with Gasteiger partial charge in [0.05, 0.1) is 30.1 Å². The number of aromatic nitrogens is 2. The lowest BCUT2D eigenvalue weighted by Crippen LogP contribution is -2.33. The summed E-state index contributed by atoms with van der Waals surface area (Å²) in [4.78, 5) is 19.1. The molecule has 1 fully saturated rings. The lowest BCUT2D eigenvalue weighted by molar-refractivity contribution is -0.116. The van der Waals surface area contributed by atoms with Crippen LogP contribution >= 0.6 is 12.2 Å². The fraction of sp³-hybridized carbons (Fsp3) is 0.292. The molecule has 2 atom stereocenters. The standard InChI is InChI=1S/C24H26FN5O2S/c1-32-16-15-29-13-6-10-20(29)23-22(19-9-4-5-12-26-19)28-24(33)30(23)14-11-21(31)27-18-8-3-2-7-17(18)25/h2-10,12-13,22-23H,11,14-16H2,1H3,(H,27,31)(H,28,33)/t22-,23+/m1/s1. The van der Waals surface area contributed by atoms with Crippen LogP contribution in [0.15, 0.2) is 67.0 Å². The van der Waals surface area contributed by atoms with Crippen molar-refractivity contribution >= 4 is 28.9 Å². The summed E-state index contributed by atoms with van der Waals surface area (Å²) in [5.41, 5.74) is 2.08. The van der Waals surface area contributed by atoms with E-state index >= 15 is 0 Å². The Morgan fingerprint density at radius 3 is 2.76 bits per heavy atom. The molecule has 0 bridgehead atoms. The molecule has 1 aliphatic heterocycles. The average molecular weight is 468 g/mol. The molecule has 7 nitrogen and oxygen atoms in total. The molecule has 2 N–H and O–H groups in total. The summed E-state index contributed by atoms with van der Waals surface area (Å²) in [6.45, 7) is 1.64. The Labute approximate surface area is 197 Å². The number of halogens is 1. The Kier molecular flexibility index (Phi) is 7.31. The minimum Gasteiger partial charge on any atom is -0.383 e. The van der Waals surface area contributed by atoms with Crippen LogP contribution < -0.4 is 10.6 Å². The summed E-state index contributed by atoms with van der Waals surface area (Å²) < 4.78 is 21.3. The largest absolute Gasteiger partial charge is 0.383 e. The molecule has 33 heavy (non-hydrogen) atoms. The number of nitrogens with one attached hydrogen (secondary N) is 2. The van der Waals surface area contributed by atoms with Gasteiger partial charge in [-0.05, 0) is 48.6 Å². The van der Waals surface area contributed by atoms with Crippen LogP contribution in [-0.2, 0) is 16.1 Å². The van der Waals surface area contributed by atoms with Gasteiger partial charge < -0.3 is 24.8 Å². The zero-order valence-electron chi connectivity index (χ0n) is 18.3. The number of carbonyl (C=O) groups excluding carboxylic acids is 1. The number of anilines is 1. The molecule has 0 spiro atoms. The maximum Gasteiger partial charge on any atom is 0.226 e. The summed E-state index contributed by atoms with van der Waals surface area (Å²) in [6.07, 6.45) is 3.92. The molecule has 0 radical (unpaired) electrons. The third kappa shape index (κ3) is 5.20. The lowest BCUT2D eigenvalue weighted by atomic mass is 10.0. The van der Waals surface area contributed by atoms with Crippen LogP contribution in [0.25, 0.3) is 0 Å². The normalized spacial score (nSPS) is 17.8. The third-order valence-electron chi connectivity index (χ3n) is 5.63. The Hall–Kier alpha value is -3.30. The first-order chi connectivity index (χ1) is 16.1. The maximum atomic E-state index is 13.9. The molecule has 9 heteroatoms. The number of rotatable bonds is 9. The van der Waals surface area contributed by atoms with E-state index < -0.39 is 5.82 Å². The van der Waals surface area contributed by atoms with E-state index in [2.05, 4.69) is 26.3 Å². The number of para-hydroxylation sites is 1. The number of carbonyl (C=O) groups is 1. The number of amides is 1. The van der Waals surface area contributed by atoms with Crippen molar-refractivity contribution in [3.05, 3.63) is 84.2 Å². The van der Waals surface area contributed by atoms with E-state index in [9.17, 15) is 9.18 Å². The van der Waals surface area contributed by atoms with Gasteiger partial charge in [-0.2, -0.15) is 0 Å². The molecule has 4 rings (SSSR count). The summed E-state index contributed by atoms with van der Waals surface area (Å²) in [6, 6.07) is 15.6. The van der Waals surface area contributed by atoms with Crippen molar-refractivity contribution in [3.63, 3.8) is 0 Å². The lowest BCUT2D eigenvalue weighted by Gasteiger charge is -2.28. The first-order valence-corrected chi connectivity index (χ1v) is 11.2. The number of ether oxygens (including phenoxy) is 1. The Bertz CT molecular complexity index is 1110. The molecule has 0 unspecified atom stereocenters. The monoisotopic (exact) mass is 467 g/mol. The topological polar surface area (TPSA) is 71.4 Å². The Morgan fingerprint density at radius 1 is 1.18 bits per heavy atom. The zero-order chi connectivity index (χ0) is 23.2. The molecule has 1 aliphatic rings. The maximum absolute atomic E-state index is 13.9. The van der Waals surface area contributed by atoms with Crippen molar-refractivity contribution in [1.82, 2.24) is 19.8 Å². The van der Waals surface area contributed by atoms with Crippen molar-refractivity contribution in [2.45, 2.75) is 25.0 Å². The number of hydrogen-bond donors (Lipinski definition) is 2. The predicted molar refractivity (Wildman–Crippen MR) is 128 cm³/mol. The second kappa shape index (κ2) is 10.5. The van der Waals surface area contributed by atoms with Crippen LogP contribution in [0.2, 0.25) is 0 Å². The second-order valence-electron chi connectivity index (χ2n) is 7.72. The summed E-state index contributed by atoms with van der Waals surface area (Å²) in [7, 11) is 1.67. The Morgan fingerprint density at radius 2 is 2.00 bits per heavy atom. The summed E-state index contributed by atoms with van der Waals surface area (Å²) >= 11 is 5.66. The van der Waals surface area contributed by atoms with Crippen molar-refractivity contribution in [3.8, 4) is 0 Å². The van der Waals surface area contributed by atoms with Gasteiger partial charge in [0.1, 0.15) is 5.82 Å². The van der Waals surface area contributed by atoms with Crippen molar-refractivity contribution in [2.24, 2.45) is 0 Å². The molecule has 3 aromatic rings. The number of benzene rings is 1. The molecule has 172 valence electrons. The van der Waals surface area contributed by atoms with E-state index in [1.165, 1.54) is 12.1 Å². The third-order valence-corrected chi connectivity index (χ3v) is 5.98. The van der Waals surface area contributed by atoms with E-state index in [-0.39, 0.29) is 30.1 Å². The van der Waals surface area contributed by atoms with Crippen molar-refractivity contribution in [2.75, 3.05) is 25.6 Å². The first-order valence-electron chi connectivity index (χ1n) is 10.7. The molecule has 0 saturated carbocycles. The highest BCUT2D eigenvalue weighted by Crippen LogP contribution is 2.38. The van der Waals surface area contributed by atoms with Crippen molar-refractivity contribution in [1.29, 1.82) is 0 Å². The molecule has 1 amide bonds. The molecule has 1 aromatic carbocycles. The van der Waals surface area contributed by atoms with Gasteiger partial charge in [0.15, 0.2) is 5.11 Å². The Balaban J connectivity index is 1.56. The molecule has 0 aliphatic carbocycles. The van der Waals surface area contributed by atoms with Crippen LogP contribution in [0.5, 0.6) is 0 Å². The van der Waals surface area contributed by atoms with Gasteiger partial charge in [-0.15, -0.1) is 0 Å². The van der Waals surface area contributed by atoms with E-state index in [1.807, 2.05) is 35.4 Å². The smallest absolute Gasteiger partial charge is 0.226 e. The van der Waals surface area contributed by atoms with Gasteiger partial charge in [-0.3, -0.25) is 9.78 Å². The number of thiocarbonyl (C=S) groups is 1. The number of methoxy groups -OCH3 is 1. The number of hydrogen-bond acceptors (Lipinski definition) is 4. The van der Waals surface area contributed by atoms with Crippen molar-refractivity contribution < 1.29 is 13.9 Å². The van der Waals surface area contributed by atoms with E-state index in [0.29, 0.717) is 24.8 Å². The van der Waals surface area contributed by atoms with E-state index in [1.54, 1.807) is 25.4 Å². The van der Waals surface area contributed by atoms with Gasteiger partial charge in [-0.25, -0.2) is 4.39 Å². The van der Waals surface area contributed by atoms with Crippen LogP contribution in [0.3, 0.4) is 0 Å².